The second-order valence-electron chi connectivity index (χ2n) is 16.3. The van der Waals surface area contributed by atoms with Crippen LogP contribution in [0.4, 0.5) is 17.1 Å². The predicted molar refractivity (Wildman–Crippen MR) is 276 cm³/mol. The van der Waals surface area contributed by atoms with E-state index in [0.717, 1.165) is 61.3 Å². The van der Waals surface area contributed by atoms with E-state index in [4.69, 9.17) is 4.42 Å². The van der Waals surface area contributed by atoms with E-state index < -0.39 is 0 Å². The summed E-state index contributed by atoms with van der Waals surface area (Å²) in [7, 11) is 0. The van der Waals surface area contributed by atoms with Crippen LogP contribution in [0.15, 0.2) is 229 Å². The Labute approximate surface area is 378 Å². The van der Waals surface area contributed by atoms with Crippen LogP contribution in [0.1, 0.15) is 0 Å². The van der Waals surface area contributed by atoms with Gasteiger partial charge >= 0.3 is 0 Å². The number of benzene rings is 10. The van der Waals surface area contributed by atoms with Crippen molar-refractivity contribution >= 4 is 102 Å². The molecule has 0 bridgehead atoms. The van der Waals surface area contributed by atoms with E-state index in [1.54, 1.807) is 0 Å². The largest absolute Gasteiger partial charge is 0.455 e. The maximum absolute atomic E-state index is 7.05. The van der Waals surface area contributed by atoms with E-state index in [9.17, 15) is 0 Å². The summed E-state index contributed by atoms with van der Waals surface area (Å²) in [5.41, 5.74) is 14.3. The van der Waals surface area contributed by atoms with Gasteiger partial charge in [0.25, 0.3) is 0 Å². The van der Waals surface area contributed by atoms with Crippen molar-refractivity contribution in [3.8, 4) is 44.5 Å². The number of hydrogen-bond donors (Lipinski definition) is 0. The van der Waals surface area contributed by atoms with Crippen molar-refractivity contribution in [2.75, 3.05) is 4.90 Å². The van der Waals surface area contributed by atoms with Crippen LogP contribution in [0, 0.1) is 0 Å². The van der Waals surface area contributed by atoms with E-state index in [0.29, 0.717) is 0 Å². The fourth-order valence-corrected chi connectivity index (χ4v) is 12.2. The molecule has 0 atom stereocenters. The molecule has 13 aromatic rings. The monoisotopic (exact) mass is 851 g/mol. The molecule has 0 aliphatic carbocycles. The van der Waals surface area contributed by atoms with Crippen molar-refractivity contribution in [2.24, 2.45) is 0 Å². The smallest absolute Gasteiger partial charge is 0.143 e. The van der Waals surface area contributed by atoms with Crippen LogP contribution in [0.3, 0.4) is 0 Å². The molecule has 3 aromatic heterocycles. The Morgan fingerprint density at radius 2 is 0.938 bits per heavy atom. The third-order valence-electron chi connectivity index (χ3n) is 12.7. The van der Waals surface area contributed by atoms with Gasteiger partial charge in [0.2, 0.25) is 0 Å². The maximum Gasteiger partial charge on any atom is 0.143 e. The van der Waals surface area contributed by atoms with Gasteiger partial charge in [-0.1, -0.05) is 182 Å². The van der Waals surface area contributed by atoms with Gasteiger partial charge in [-0.05, 0) is 75.8 Å². The first kappa shape index (κ1) is 36.9. The molecule has 4 heteroatoms. The number of thiophene rings is 2. The van der Waals surface area contributed by atoms with Gasteiger partial charge in [0.05, 0.1) is 16.8 Å². The lowest BCUT2D eigenvalue weighted by Crippen LogP contribution is -2.12. The van der Waals surface area contributed by atoms with Gasteiger partial charge < -0.3 is 9.32 Å². The van der Waals surface area contributed by atoms with Gasteiger partial charge in [-0.15, -0.1) is 22.7 Å². The van der Waals surface area contributed by atoms with Gasteiger partial charge in [0, 0.05) is 62.5 Å². The van der Waals surface area contributed by atoms with Crippen molar-refractivity contribution in [1.82, 2.24) is 0 Å². The molecule has 0 spiro atoms. The molecule has 0 aliphatic rings. The average Bonchev–Trinajstić information content (AvgIpc) is 4.06. The van der Waals surface area contributed by atoms with Crippen molar-refractivity contribution < 1.29 is 4.42 Å². The van der Waals surface area contributed by atoms with Gasteiger partial charge in [-0.3, -0.25) is 0 Å². The third kappa shape index (κ3) is 5.91. The fraction of sp³-hybridized carbons (Fsp3) is 0. The van der Waals surface area contributed by atoms with Crippen LogP contribution in [-0.4, -0.2) is 0 Å². The van der Waals surface area contributed by atoms with Gasteiger partial charge in [-0.25, -0.2) is 0 Å². The molecule has 0 aliphatic heterocycles. The summed E-state index contributed by atoms with van der Waals surface area (Å²) in [5.74, 6) is 0. The molecular formula is C60H37NOS2. The zero-order chi connectivity index (χ0) is 42.1. The van der Waals surface area contributed by atoms with Gasteiger partial charge in [0.15, 0.2) is 0 Å². The fourth-order valence-electron chi connectivity index (χ4n) is 9.75. The van der Waals surface area contributed by atoms with Crippen LogP contribution in [0.5, 0.6) is 0 Å². The standard InChI is InChI=1S/C60H37NOS2/c1-5-16-38(17-6-1)42-28-30-49-54(36-42)64-60-46(41-22-11-4-12-23-41)32-34-51(56(49)60)61(43-29-31-48-47-24-13-14-27-53(47)63-55(48)37-43)58-44(39-18-7-2-8-19-39)33-35-52-57(58)50-26-15-25-45(59(50)62-52)40-20-9-3-10-21-40/h1-37H. The number of rotatable bonds is 7. The minimum Gasteiger partial charge on any atom is -0.455 e. The molecule has 0 radical (unpaired) electrons. The van der Waals surface area contributed by atoms with E-state index in [2.05, 4.69) is 229 Å². The zero-order valence-electron chi connectivity index (χ0n) is 34.5. The van der Waals surface area contributed by atoms with Crippen LogP contribution in [0.2, 0.25) is 0 Å². The summed E-state index contributed by atoms with van der Waals surface area (Å²) in [6, 6.07) is 81.6. The van der Waals surface area contributed by atoms with Crippen molar-refractivity contribution in [3.63, 3.8) is 0 Å². The number of furan rings is 1. The highest BCUT2D eigenvalue weighted by molar-refractivity contribution is 7.26. The summed E-state index contributed by atoms with van der Waals surface area (Å²) in [6.45, 7) is 0. The topological polar surface area (TPSA) is 16.4 Å². The van der Waals surface area contributed by atoms with Crippen LogP contribution in [0.25, 0.3) is 107 Å². The first-order valence-corrected chi connectivity index (χ1v) is 23.3. The van der Waals surface area contributed by atoms with Crippen molar-refractivity contribution in [3.05, 3.63) is 224 Å². The van der Waals surface area contributed by atoms with Gasteiger partial charge in [0.1, 0.15) is 11.2 Å². The molecule has 2 nitrogen and oxygen atoms in total. The Balaban J connectivity index is 1.18. The molecule has 0 N–H and O–H groups in total. The number of hydrogen-bond acceptors (Lipinski definition) is 4. The lowest BCUT2D eigenvalue weighted by Gasteiger charge is -2.30. The molecule has 0 amide bonds. The first-order valence-electron chi connectivity index (χ1n) is 21.7. The van der Waals surface area contributed by atoms with Crippen LogP contribution in [-0.2, 0) is 0 Å². The Bertz CT molecular complexity index is 3890. The second kappa shape index (κ2) is 15.0. The highest BCUT2D eigenvalue weighted by Crippen LogP contribution is 2.54. The van der Waals surface area contributed by atoms with E-state index in [1.165, 1.54) is 62.6 Å². The molecule has 0 unspecified atom stereocenters. The molecule has 0 saturated heterocycles. The molecular weight excluding hydrogens is 815 g/mol. The SMILES string of the molecule is c1ccc(-c2ccc3c(c2)sc2c(-c4ccccc4)ccc(N(c4ccc5c(c4)sc4ccccc45)c4c(-c5ccccc5)ccc5oc6c(-c7ccccc7)cccc6c45)c23)cc1. The number of nitrogens with zero attached hydrogens (tertiary/aromatic N) is 1. The van der Waals surface area contributed by atoms with E-state index in [-0.39, 0.29) is 0 Å². The van der Waals surface area contributed by atoms with Crippen molar-refractivity contribution in [2.45, 2.75) is 0 Å². The van der Waals surface area contributed by atoms with Crippen molar-refractivity contribution in [1.29, 1.82) is 0 Å². The van der Waals surface area contributed by atoms with E-state index in [1.807, 2.05) is 22.7 Å². The minimum atomic E-state index is 0.848. The van der Waals surface area contributed by atoms with E-state index >= 15 is 0 Å². The Kier molecular flexibility index (Phi) is 8.61. The summed E-state index contributed by atoms with van der Waals surface area (Å²) >= 11 is 3.74. The molecule has 300 valence electrons. The highest BCUT2D eigenvalue weighted by Gasteiger charge is 2.28. The number of fused-ring (bicyclic) bond motifs is 9. The van der Waals surface area contributed by atoms with Gasteiger partial charge in [-0.2, -0.15) is 0 Å². The summed E-state index contributed by atoms with van der Waals surface area (Å²) in [5, 5.41) is 7.18. The third-order valence-corrected chi connectivity index (χ3v) is 15.0. The lowest BCUT2D eigenvalue weighted by molar-refractivity contribution is 0.670. The molecule has 0 fully saturated rings. The highest BCUT2D eigenvalue weighted by atomic mass is 32.1. The number of para-hydroxylation sites is 1. The summed E-state index contributed by atoms with van der Waals surface area (Å²) in [6.07, 6.45) is 0. The normalized spacial score (nSPS) is 11.8. The molecule has 64 heavy (non-hydrogen) atoms. The minimum absolute atomic E-state index is 0.848. The predicted octanol–water partition coefficient (Wildman–Crippen LogP) is 18.5. The zero-order valence-corrected chi connectivity index (χ0v) is 36.2. The summed E-state index contributed by atoms with van der Waals surface area (Å²) in [4.78, 5) is 2.55. The Hall–Kier alpha value is -7.76. The molecule has 10 aromatic carbocycles. The lowest BCUT2D eigenvalue weighted by atomic mass is 9.95. The second-order valence-corrected chi connectivity index (χ2v) is 18.5. The first-order chi connectivity index (χ1) is 31.7. The molecule has 0 saturated carbocycles. The average molecular weight is 852 g/mol. The Morgan fingerprint density at radius 1 is 0.344 bits per heavy atom. The quantitative estimate of drug-likeness (QED) is 0.159. The summed E-state index contributed by atoms with van der Waals surface area (Å²) < 4.78 is 12.1. The number of anilines is 3. The molecule has 13 rings (SSSR count). The molecule has 3 heterocycles. The Morgan fingerprint density at radius 3 is 1.69 bits per heavy atom. The maximum atomic E-state index is 7.05. The van der Waals surface area contributed by atoms with Crippen LogP contribution >= 0.6 is 22.7 Å². The van der Waals surface area contributed by atoms with Crippen LogP contribution < -0.4 is 4.90 Å².